The summed E-state index contributed by atoms with van der Waals surface area (Å²) in [6, 6.07) is -0.789. The molecule has 12 nitrogen and oxygen atoms in total. The molecule has 4 fully saturated rings. The summed E-state index contributed by atoms with van der Waals surface area (Å²) in [7, 11) is 0.984. The quantitative estimate of drug-likeness (QED) is 0.0414. The Morgan fingerprint density at radius 3 is 2.54 bits per heavy atom. The van der Waals surface area contributed by atoms with Crippen molar-refractivity contribution in [1.82, 2.24) is 16.1 Å². The molecule has 0 aromatic rings. The van der Waals surface area contributed by atoms with Crippen molar-refractivity contribution in [3.63, 3.8) is 0 Å². The van der Waals surface area contributed by atoms with Crippen LogP contribution in [0.2, 0.25) is 0 Å². The Balaban J connectivity index is 1.68. The van der Waals surface area contributed by atoms with Gasteiger partial charge in [-0.3, -0.25) is 14.6 Å². The molecule has 1 aliphatic heterocycles. The van der Waals surface area contributed by atoms with Gasteiger partial charge in [0.1, 0.15) is 6.04 Å². The summed E-state index contributed by atoms with van der Waals surface area (Å²) in [5.74, 6) is 0.914. The van der Waals surface area contributed by atoms with Crippen molar-refractivity contribution in [2.75, 3.05) is 13.7 Å². The molecule has 4 rings (SSSR count). The van der Waals surface area contributed by atoms with Gasteiger partial charge in [0.05, 0.1) is 35.8 Å². The summed E-state index contributed by atoms with van der Waals surface area (Å²) in [6.07, 6.45) is 4.90. The molecule has 0 radical (unpaired) electrons. The number of ether oxygens (including phenoxy) is 1. The Morgan fingerprint density at radius 2 is 1.90 bits per heavy atom. The maximum absolute atomic E-state index is 13.7. The van der Waals surface area contributed by atoms with E-state index in [0.29, 0.717) is 49.7 Å². The van der Waals surface area contributed by atoms with Gasteiger partial charge in [0.15, 0.2) is 0 Å². The second-order valence-electron chi connectivity index (χ2n) is 12.9. The number of hydrogen-bond acceptors (Lipinski definition) is 8. The van der Waals surface area contributed by atoms with Crippen molar-refractivity contribution < 1.29 is 23.6 Å². The minimum absolute atomic E-state index is 0.00553. The van der Waals surface area contributed by atoms with Crippen LogP contribution in [0.5, 0.6) is 0 Å². The van der Waals surface area contributed by atoms with E-state index in [0.717, 1.165) is 12.8 Å². The highest BCUT2D eigenvalue weighted by Crippen LogP contribution is 2.65. The molecule has 41 heavy (non-hydrogen) atoms. The predicted octanol–water partition coefficient (Wildman–Crippen LogP) is 2.97. The zero-order chi connectivity index (χ0) is 30.4. The number of guanidine groups is 1. The summed E-state index contributed by atoms with van der Waals surface area (Å²) in [5.41, 5.74) is 7.43. The van der Waals surface area contributed by atoms with E-state index >= 15 is 0 Å². The average molecular weight is 577 g/mol. The lowest BCUT2D eigenvalue weighted by molar-refractivity contribution is -0.199. The van der Waals surface area contributed by atoms with Gasteiger partial charge in [-0.15, -0.1) is 4.91 Å². The van der Waals surface area contributed by atoms with Gasteiger partial charge in [-0.05, 0) is 68.6 Å². The molecule has 3 aliphatic carbocycles. The standard InChI is InChI=1S/C28H49BN6O6/c1-17(2)14-23(29-40-22-16-19-15-21(27(19,4)5)28(22,6)41-29)33-25(37)20(11-9-13-31-26(30)34-35-38)32-24(36)12-8-10-18(3)39-7/h17,19-23H,3,8-16H2,1-2,4-7H3,(H,32,36)(H,33,37)(H3,30,31,34,38)/t19-,20-,21-,22+,23-,28-/m0/s1. The topological polar surface area (TPSA) is 166 Å². The lowest BCUT2D eigenvalue weighted by Gasteiger charge is -2.64. The highest BCUT2D eigenvalue weighted by molar-refractivity contribution is 6.48. The molecule has 1 heterocycles. The van der Waals surface area contributed by atoms with Crippen LogP contribution in [0.15, 0.2) is 22.6 Å². The number of allylic oxidation sites excluding steroid dienone is 1. The first-order valence-corrected chi connectivity index (χ1v) is 14.8. The van der Waals surface area contributed by atoms with Crippen molar-refractivity contribution in [1.29, 1.82) is 0 Å². The maximum atomic E-state index is 13.7. The molecule has 0 spiro atoms. The summed E-state index contributed by atoms with van der Waals surface area (Å²) in [4.78, 5) is 40.7. The fourth-order valence-corrected chi connectivity index (χ4v) is 6.76. The first kappa shape index (κ1) is 32.8. The molecule has 6 atom stereocenters. The van der Waals surface area contributed by atoms with Gasteiger partial charge in [-0.1, -0.05) is 34.3 Å². The van der Waals surface area contributed by atoms with Crippen molar-refractivity contribution in [3.05, 3.63) is 17.2 Å². The highest BCUT2D eigenvalue weighted by Gasteiger charge is 2.68. The summed E-state index contributed by atoms with van der Waals surface area (Å²) < 4.78 is 18.3. The number of aliphatic imine (C=N–C) groups is 1. The molecule has 13 heteroatoms. The molecule has 3 saturated carbocycles. The number of amides is 2. The number of hydrogen-bond donors (Lipinski definition) is 4. The molecule has 2 bridgehead atoms. The third-order valence-corrected chi connectivity index (χ3v) is 9.24. The van der Waals surface area contributed by atoms with Crippen molar-refractivity contribution >= 4 is 24.9 Å². The number of carbonyl (C=O) groups excluding carboxylic acids is 2. The van der Waals surface area contributed by atoms with E-state index < -0.39 is 13.2 Å². The van der Waals surface area contributed by atoms with Gasteiger partial charge >= 0.3 is 7.12 Å². The van der Waals surface area contributed by atoms with Crippen LogP contribution in [-0.2, 0) is 23.6 Å². The third-order valence-electron chi connectivity index (χ3n) is 9.24. The van der Waals surface area contributed by atoms with E-state index in [1.807, 2.05) is 5.43 Å². The highest BCUT2D eigenvalue weighted by atomic mass is 16.7. The number of rotatable bonds is 16. The molecule has 1 saturated heterocycles. The van der Waals surface area contributed by atoms with E-state index in [-0.39, 0.29) is 59.7 Å². The minimum atomic E-state index is -0.789. The van der Waals surface area contributed by atoms with Crippen LogP contribution in [-0.4, -0.2) is 62.2 Å². The number of methoxy groups -OCH3 is 1. The van der Waals surface area contributed by atoms with Gasteiger partial charge in [0.25, 0.3) is 0 Å². The first-order valence-electron chi connectivity index (χ1n) is 14.8. The number of nitrogens with two attached hydrogens (primary N) is 1. The van der Waals surface area contributed by atoms with Gasteiger partial charge < -0.3 is 30.4 Å². The molecule has 0 unspecified atom stereocenters. The van der Waals surface area contributed by atoms with Crippen LogP contribution in [0.25, 0.3) is 0 Å². The fourth-order valence-electron chi connectivity index (χ4n) is 6.76. The molecule has 5 N–H and O–H groups in total. The lowest BCUT2D eigenvalue weighted by atomic mass is 9.43. The summed E-state index contributed by atoms with van der Waals surface area (Å²) in [5, 5.41) is 8.53. The number of carbonyl (C=O) groups is 2. The van der Waals surface area contributed by atoms with Gasteiger partial charge in [0.2, 0.25) is 17.8 Å². The SMILES string of the molecule is C=C(CCCC(=O)N[C@@H](CCCN=C(N)NN=O)C(=O)N[C@@H](CC(C)C)B1O[C@@H]2C[C@@H]3C[C@@H](C3(C)C)[C@]2(C)O1)OC. The predicted molar refractivity (Wildman–Crippen MR) is 158 cm³/mol. The Hall–Kier alpha value is -2.67. The van der Waals surface area contributed by atoms with Crippen LogP contribution in [0, 0.1) is 28.1 Å². The smallest absolute Gasteiger partial charge is 0.481 e. The van der Waals surface area contributed by atoms with Crippen LogP contribution in [0.4, 0.5) is 0 Å². The first-order chi connectivity index (χ1) is 19.3. The third kappa shape index (κ3) is 8.00. The summed E-state index contributed by atoms with van der Waals surface area (Å²) >= 11 is 0. The number of nitroso groups, excluding NO2 is 1. The number of nitrogens with one attached hydrogen (secondary N) is 3. The summed E-state index contributed by atoms with van der Waals surface area (Å²) in [6.45, 7) is 15.0. The molecule has 230 valence electrons. The second kappa shape index (κ2) is 14.0. The lowest BCUT2D eigenvalue weighted by Crippen LogP contribution is -2.65. The van der Waals surface area contributed by atoms with Crippen LogP contribution < -0.4 is 21.8 Å². The van der Waals surface area contributed by atoms with Crippen molar-refractivity contribution in [2.24, 2.45) is 39.2 Å². The monoisotopic (exact) mass is 576 g/mol. The van der Waals surface area contributed by atoms with Crippen LogP contribution in [0.3, 0.4) is 0 Å². The van der Waals surface area contributed by atoms with Crippen molar-refractivity contribution in [3.8, 4) is 0 Å². The molecule has 2 amide bonds. The van der Waals surface area contributed by atoms with Crippen LogP contribution >= 0.6 is 0 Å². The van der Waals surface area contributed by atoms with Gasteiger partial charge in [0, 0.05) is 19.4 Å². The van der Waals surface area contributed by atoms with Gasteiger partial charge in [-0.2, -0.15) is 0 Å². The van der Waals surface area contributed by atoms with E-state index in [1.165, 1.54) is 0 Å². The van der Waals surface area contributed by atoms with Crippen LogP contribution in [0.1, 0.15) is 86.0 Å². The van der Waals surface area contributed by atoms with E-state index in [1.54, 1.807) is 7.11 Å². The Bertz CT molecular complexity index is 993. The Labute approximate surface area is 244 Å². The van der Waals surface area contributed by atoms with E-state index in [2.05, 4.69) is 62.1 Å². The molecule has 4 aliphatic rings. The zero-order valence-electron chi connectivity index (χ0n) is 25.5. The zero-order valence-corrected chi connectivity index (χ0v) is 25.5. The Morgan fingerprint density at radius 1 is 1.17 bits per heavy atom. The van der Waals surface area contributed by atoms with E-state index in [4.69, 9.17) is 19.8 Å². The number of nitrogens with zero attached hydrogens (tertiary/aromatic N) is 2. The molecular formula is C28H49BN6O6. The van der Waals surface area contributed by atoms with Gasteiger partial charge in [-0.25, -0.2) is 5.43 Å². The largest absolute Gasteiger partial charge is 0.502 e. The second-order valence-corrected chi connectivity index (χ2v) is 12.9. The normalized spacial score (nSPS) is 27.7. The Kier molecular flexibility index (Phi) is 11.2. The fraction of sp³-hybridized carbons (Fsp3) is 0.821. The molecule has 0 aromatic heterocycles. The minimum Gasteiger partial charge on any atom is -0.502 e. The van der Waals surface area contributed by atoms with E-state index in [9.17, 15) is 14.5 Å². The molecular weight excluding hydrogens is 527 g/mol. The van der Waals surface area contributed by atoms with Crippen molar-refractivity contribution in [2.45, 2.75) is 110 Å². The molecule has 0 aromatic carbocycles. The average Bonchev–Trinajstić information content (AvgIpc) is 3.26. The maximum Gasteiger partial charge on any atom is 0.481 e.